The fourth-order valence-corrected chi connectivity index (χ4v) is 3.27. The van der Waals surface area contributed by atoms with Gasteiger partial charge in [0.05, 0.1) is 6.54 Å². The number of aliphatic imine (C=N–C) groups is 1. The average molecular weight is 351 g/mol. The lowest BCUT2D eigenvalue weighted by atomic mass is 9.96. The zero-order valence-corrected chi connectivity index (χ0v) is 15.7. The van der Waals surface area contributed by atoms with Gasteiger partial charge < -0.3 is 15.7 Å². The van der Waals surface area contributed by atoms with Crippen LogP contribution in [-0.2, 0) is 5.60 Å². The first-order valence-electron chi connectivity index (χ1n) is 9.45. The molecular weight excluding hydrogens is 322 g/mol. The number of aliphatic hydroxyl groups is 1. The largest absolute Gasteiger partial charge is 0.384 e. The Morgan fingerprint density at radius 3 is 2.38 bits per heavy atom. The summed E-state index contributed by atoms with van der Waals surface area (Å²) in [6, 6.07) is 20.4. The number of hydrogen-bond acceptors (Lipinski definition) is 2. The summed E-state index contributed by atoms with van der Waals surface area (Å²) in [6.45, 7) is 5.88. The van der Waals surface area contributed by atoms with Gasteiger partial charge in [-0.05, 0) is 43.2 Å². The van der Waals surface area contributed by atoms with Crippen LogP contribution in [0, 0.1) is 5.92 Å². The van der Waals surface area contributed by atoms with Gasteiger partial charge in [0.15, 0.2) is 5.96 Å². The summed E-state index contributed by atoms with van der Waals surface area (Å²) in [4.78, 5) is 4.60. The minimum atomic E-state index is -0.976. The fraction of sp³-hybridized carbons (Fsp3) is 0.409. The van der Waals surface area contributed by atoms with Gasteiger partial charge in [-0.3, -0.25) is 0 Å². The molecule has 0 radical (unpaired) electrons. The Hall–Kier alpha value is -2.33. The third kappa shape index (κ3) is 4.85. The summed E-state index contributed by atoms with van der Waals surface area (Å²) in [6.07, 6.45) is 1.22. The maximum atomic E-state index is 10.7. The number of benzene rings is 2. The number of guanidine groups is 1. The van der Waals surface area contributed by atoms with E-state index in [0.717, 1.165) is 24.6 Å². The molecule has 0 heterocycles. The van der Waals surface area contributed by atoms with E-state index < -0.39 is 5.60 Å². The molecule has 0 aromatic heterocycles. The summed E-state index contributed by atoms with van der Waals surface area (Å²) in [5.74, 6) is 2.07. The maximum absolute atomic E-state index is 10.7. The molecule has 26 heavy (non-hydrogen) atoms. The van der Waals surface area contributed by atoms with Crippen molar-refractivity contribution in [3.05, 3.63) is 71.8 Å². The van der Waals surface area contributed by atoms with Gasteiger partial charge in [0.25, 0.3) is 0 Å². The molecule has 0 bridgehead atoms. The van der Waals surface area contributed by atoms with Crippen LogP contribution in [0.4, 0.5) is 0 Å². The smallest absolute Gasteiger partial charge is 0.191 e. The molecular formula is C22H29N3O. The van der Waals surface area contributed by atoms with Crippen molar-refractivity contribution in [2.75, 3.05) is 19.6 Å². The summed E-state index contributed by atoms with van der Waals surface area (Å²) in [5.41, 5.74) is 1.33. The normalized spacial score (nSPS) is 21.7. The fourth-order valence-electron chi connectivity index (χ4n) is 3.27. The minimum absolute atomic E-state index is 0.319. The molecule has 3 unspecified atom stereocenters. The topological polar surface area (TPSA) is 56.7 Å². The predicted molar refractivity (Wildman–Crippen MR) is 107 cm³/mol. The highest BCUT2D eigenvalue weighted by Gasteiger charge is 2.37. The maximum Gasteiger partial charge on any atom is 0.191 e. The van der Waals surface area contributed by atoms with E-state index in [1.54, 1.807) is 0 Å². The van der Waals surface area contributed by atoms with E-state index in [-0.39, 0.29) is 0 Å². The van der Waals surface area contributed by atoms with Gasteiger partial charge in [0, 0.05) is 13.1 Å². The van der Waals surface area contributed by atoms with Gasteiger partial charge in [-0.2, -0.15) is 0 Å². The molecule has 0 saturated heterocycles. The zero-order chi connectivity index (χ0) is 18.4. The Balaban J connectivity index is 1.55. The van der Waals surface area contributed by atoms with E-state index in [4.69, 9.17) is 0 Å². The summed E-state index contributed by atoms with van der Waals surface area (Å²) in [7, 11) is 0. The lowest BCUT2D eigenvalue weighted by molar-refractivity contribution is 0.0672. The second-order valence-electron chi connectivity index (χ2n) is 7.23. The summed E-state index contributed by atoms with van der Waals surface area (Å²) < 4.78 is 0. The van der Waals surface area contributed by atoms with Gasteiger partial charge in [-0.15, -0.1) is 0 Å². The Morgan fingerprint density at radius 1 is 1.08 bits per heavy atom. The number of nitrogens with zero attached hydrogens (tertiary/aromatic N) is 1. The second kappa shape index (κ2) is 8.37. The molecule has 138 valence electrons. The highest BCUT2D eigenvalue weighted by Crippen LogP contribution is 2.46. The van der Waals surface area contributed by atoms with Crippen LogP contribution < -0.4 is 10.6 Å². The van der Waals surface area contributed by atoms with E-state index in [0.29, 0.717) is 18.4 Å². The molecule has 3 rings (SSSR count). The third-order valence-electron chi connectivity index (χ3n) is 4.97. The third-order valence-corrected chi connectivity index (χ3v) is 4.97. The van der Waals surface area contributed by atoms with Crippen LogP contribution in [0.25, 0.3) is 0 Å². The van der Waals surface area contributed by atoms with Gasteiger partial charge in [0.2, 0.25) is 0 Å². The van der Waals surface area contributed by atoms with Crippen LogP contribution >= 0.6 is 0 Å². The number of nitrogens with one attached hydrogen (secondary N) is 2. The van der Waals surface area contributed by atoms with Crippen molar-refractivity contribution in [3.8, 4) is 0 Å². The highest BCUT2D eigenvalue weighted by atomic mass is 16.3. The standard InChI is InChI=1S/C22H29N3O/c1-3-23-21(25-16-22(2,26)19-12-8-5-9-13-19)24-15-18-14-20(18)17-10-6-4-7-11-17/h4-13,18,20,26H,3,14-16H2,1-2H3,(H2,23,24,25). The molecule has 1 aliphatic carbocycles. The van der Waals surface area contributed by atoms with Gasteiger partial charge >= 0.3 is 0 Å². The Kier molecular flexibility index (Phi) is 5.94. The van der Waals surface area contributed by atoms with Crippen molar-refractivity contribution in [3.63, 3.8) is 0 Å². The van der Waals surface area contributed by atoms with E-state index >= 15 is 0 Å². The van der Waals surface area contributed by atoms with Crippen molar-refractivity contribution in [1.29, 1.82) is 0 Å². The predicted octanol–water partition coefficient (Wildman–Crippen LogP) is 3.25. The van der Waals surface area contributed by atoms with Crippen LogP contribution in [0.1, 0.15) is 37.3 Å². The highest BCUT2D eigenvalue weighted by molar-refractivity contribution is 5.79. The molecule has 2 aromatic rings. The molecule has 1 aliphatic rings. The van der Waals surface area contributed by atoms with Crippen molar-refractivity contribution in [2.45, 2.75) is 31.8 Å². The quantitative estimate of drug-likeness (QED) is 0.530. The van der Waals surface area contributed by atoms with Crippen molar-refractivity contribution in [2.24, 2.45) is 10.9 Å². The van der Waals surface area contributed by atoms with E-state index in [9.17, 15) is 5.11 Å². The van der Waals surface area contributed by atoms with Crippen molar-refractivity contribution < 1.29 is 5.11 Å². The Labute approximate surface area is 156 Å². The van der Waals surface area contributed by atoms with Crippen LogP contribution in [0.15, 0.2) is 65.7 Å². The molecule has 2 aromatic carbocycles. The van der Waals surface area contributed by atoms with Crippen LogP contribution in [0.2, 0.25) is 0 Å². The van der Waals surface area contributed by atoms with E-state index in [1.807, 2.05) is 37.3 Å². The number of rotatable bonds is 7. The Bertz CT molecular complexity index is 713. The molecule has 4 heteroatoms. The van der Waals surface area contributed by atoms with Crippen LogP contribution in [0.3, 0.4) is 0 Å². The monoisotopic (exact) mass is 351 g/mol. The first kappa shape index (κ1) is 18.5. The molecule has 3 atom stereocenters. The second-order valence-corrected chi connectivity index (χ2v) is 7.23. The molecule has 0 aliphatic heterocycles. The van der Waals surface area contributed by atoms with Crippen molar-refractivity contribution >= 4 is 5.96 Å². The molecule has 1 saturated carbocycles. The molecule has 1 fully saturated rings. The number of hydrogen-bond donors (Lipinski definition) is 3. The first-order chi connectivity index (χ1) is 12.6. The lowest BCUT2D eigenvalue weighted by Gasteiger charge is -2.22. The van der Waals surface area contributed by atoms with Gasteiger partial charge in [-0.1, -0.05) is 60.7 Å². The molecule has 0 amide bonds. The average Bonchev–Trinajstić information content (AvgIpc) is 3.45. The van der Waals surface area contributed by atoms with Crippen LogP contribution in [-0.4, -0.2) is 30.7 Å². The van der Waals surface area contributed by atoms with Crippen molar-refractivity contribution in [1.82, 2.24) is 10.6 Å². The summed E-state index contributed by atoms with van der Waals surface area (Å²) in [5, 5.41) is 17.4. The van der Waals surface area contributed by atoms with Gasteiger partial charge in [-0.25, -0.2) is 4.99 Å². The zero-order valence-electron chi connectivity index (χ0n) is 15.7. The molecule has 3 N–H and O–H groups in total. The molecule has 0 spiro atoms. The van der Waals surface area contributed by atoms with E-state index in [2.05, 4.69) is 52.9 Å². The SMILES string of the molecule is CCNC(=NCC(C)(O)c1ccccc1)NCC1CC1c1ccccc1. The molecule has 4 nitrogen and oxygen atoms in total. The van der Waals surface area contributed by atoms with Crippen LogP contribution in [0.5, 0.6) is 0 Å². The first-order valence-corrected chi connectivity index (χ1v) is 9.45. The van der Waals surface area contributed by atoms with E-state index in [1.165, 1.54) is 12.0 Å². The minimum Gasteiger partial charge on any atom is -0.384 e. The lowest BCUT2D eigenvalue weighted by Crippen LogP contribution is -2.39. The Morgan fingerprint density at radius 2 is 1.73 bits per heavy atom. The van der Waals surface area contributed by atoms with Gasteiger partial charge in [0.1, 0.15) is 5.60 Å². The summed E-state index contributed by atoms with van der Waals surface area (Å²) >= 11 is 0.